The van der Waals surface area contributed by atoms with Crippen LogP contribution in [0.1, 0.15) is 5.56 Å². The van der Waals surface area contributed by atoms with Crippen LogP contribution < -0.4 is 10.1 Å². The summed E-state index contributed by atoms with van der Waals surface area (Å²) in [5.41, 5.74) is 0.958. The lowest BCUT2D eigenvalue weighted by atomic mass is 10.2. The highest BCUT2D eigenvalue weighted by Crippen LogP contribution is 2.31. The van der Waals surface area contributed by atoms with Crippen LogP contribution in [-0.4, -0.2) is 18.9 Å². The molecule has 0 radical (unpaired) electrons. The minimum absolute atomic E-state index is 0.596. The molecule has 19 heavy (non-hydrogen) atoms. The van der Waals surface area contributed by atoms with Gasteiger partial charge in [0.25, 0.3) is 0 Å². The van der Waals surface area contributed by atoms with Gasteiger partial charge in [-0.3, -0.25) is 4.99 Å². The van der Waals surface area contributed by atoms with E-state index >= 15 is 0 Å². The predicted octanol–water partition coefficient (Wildman–Crippen LogP) is 3.48. The number of hydrogen-bond acceptors (Lipinski definition) is 3. The second-order valence-electron chi connectivity index (χ2n) is 4.19. The van der Waals surface area contributed by atoms with Crippen LogP contribution in [0.2, 0.25) is 5.02 Å². The number of hydrogen-bond donors (Lipinski definition) is 1. The van der Waals surface area contributed by atoms with Crippen LogP contribution in [0.3, 0.4) is 0 Å². The van der Waals surface area contributed by atoms with Crippen molar-refractivity contribution < 1.29 is 4.74 Å². The van der Waals surface area contributed by atoms with E-state index in [2.05, 4.69) is 10.3 Å². The number of nitrogens with zero attached hydrogens (tertiary/aromatic N) is 1. The third-order valence-electron chi connectivity index (χ3n) is 2.87. The molecule has 1 N–H and O–H groups in total. The predicted molar refractivity (Wildman–Crippen MR) is 77.4 cm³/mol. The van der Waals surface area contributed by atoms with Gasteiger partial charge in [-0.25, -0.2) is 0 Å². The quantitative estimate of drug-likeness (QED) is 0.928. The van der Waals surface area contributed by atoms with Crippen molar-refractivity contribution in [3.8, 4) is 11.5 Å². The number of benzene rings is 2. The Labute approximate surface area is 116 Å². The molecule has 0 aliphatic carbocycles. The van der Waals surface area contributed by atoms with Gasteiger partial charge in [-0.05, 0) is 24.3 Å². The van der Waals surface area contributed by atoms with Gasteiger partial charge < -0.3 is 10.1 Å². The van der Waals surface area contributed by atoms with Crippen molar-refractivity contribution >= 4 is 17.4 Å². The highest BCUT2D eigenvalue weighted by atomic mass is 35.5. The van der Waals surface area contributed by atoms with Gasteiger partial charge in [0.2, 0.25) is 0 Å². The lowest BCUT2D eigenvalue weighted by molar-refractivity contribution is 0.481. The number of amidine groups is 1. The maximum Gasteiger partial charge on any atom is 0.146 e. The summed E-state index contributed by atoms with van der Waals surface area (Å²) in [7, 11) is 0. The van der Waals surface area contributed by atoms with E-state index in [9.17, 15) is 0 Å². The molecule has 96 valence electrons. The Morgan fingerprint density at radius 1 is 1.00 bits per heavy atom. The summed E-state index contributed by atoms with van der Waals surface area (Å²) in [5, 5.41) is 3.85. The number of halogens is 1. The summed E-state index contributed by atoms with van der Waals surface area (Å²) < 4.78 is 5.90. The van der Waals surface area contributed by atoms with Crippen molar-refractivity contribution in [3.05, 3.63) is 59.1 Å². The lowest BCUT2D eigenvalue weighted by Gasteiger charge is -2.12. The van der Waals surface area contributed by atoms with Crippen molar-refractivity contribution in [1.29, 1.82) is 0 Å². The molecule has 0 aromatic heterocycles. The Morgan fingerprint density at radius 3 is 2.47 bits per heavy atom. The van der Waals surface area contributed by atoms with Crippen molar-refractivity contribution in [2.45, 2.75) is 0 Å². The normalized spacial score (nSPS) is 13.8. The zero-order valence-corrected chi connectivity index (χ0v) is 11.0. The molecule has 1 aliphatic heterocycles. The third-order valence-corrected chi connectivity index (χ3v) is 3.19. The molecule has 0 bridgehead atoms. The van der Waals surface area contributed by atoms with E-state index < -0.39 is 0 Å². The zero-order chi connectivity index (χ0) is 13.1. The first-order valence-electron chi connectivity index (χ1n) is 6.15. The topological polar surface area (TPSA) is 33.6 Å². The zero-order valence-electron chi connectivity index (χ0n) is 10.3. The fourth-order valence-electron chi connectivity index (χ4n) is 1.98. The van der Waals surface area contributed by atoms with E-state index in [4.69, 9.17) is 16.3 Å². The standard InChI is InChI=1S/C15H13ClN2O/c16-12-6-2-4-8-14(12)19-13-7-3-1-5-11(13)15-17-9-10-18-15/h1-8H,9-10H2,(H,17,18). The molecule has 0 spiro atoms. The molecule has 3 nitrogen and oxygen atoms in total. The third kappa shape index (κ3) is 2.56. The summed E-state index contributed by atoms with van der Waals surface area (Å²) >= 11 is 6.12. The average molecular weight is 273 g/mol. The maximum absolute atomic E-state index is 6.12. The molecule has 2 aromatic rings. The van der Waals surface area contributed by atoms with Crippen LogP contribution in [0.15, 0.2) is 53.5 Å². The van der Waals surface area contributed by atoms with Crippen LogP contribution >= 0.6 is 11.6 Å². The van der Waals surface area contributed by atoms with E-state index in [1.807, 2.05) is 48.5 Å². The number of aliphatic imine (C=N–C) groups is 1. The Bertz CT molecular complexity index is 625. The highest BCUT2D eigenvalue weighted by Gasteiger charge is 2.14. The number of nitrogens with one attached hydrogen (secondary N) is 1. The van der Waals surface area contributed by atoms with E-state index in [0.29, 0.717) is 10.8 Å². The van der Waals surface area contributed by atoms with Crippen molar-refractivity contribution in [2.75, 3.05) is 13.1 Å². The first kappa shape index (κ1) is 12.1. The highest BCUT2D eigenvalue weighted by molar-refractivity contribution is 6.32. The molecule has 0 unspecified atom stereocenters. The molecule has 0 atom stereocenters. The van der Waals surface area contributed by atoms with Crippen molar-refractivity contribution in [2.24, 2.45) is 4.99 Å². The molecular weight excluding hydrogens is 260 g/mol. The molecule has 0 saturated heterocycles. The monoisotopic (exact) mass is 272 g/mol. The van der Waals surface area contributed by atoms with Crippen LogP contribution in [-0.2, 0) is 0 Å². The second-order valence-corrected chi connectivity index (χ2v) is 4.59. The van der Waals surface area contributed by atoms with Crippen LogP contribution in [0.4, 0.5) is 0 Å². The summed E-state index contributed by atoms with van der Waals surface area (Å²) in [6.07, 6.45) is 0. The van der Waals surface area contributed by atoms with E-state index in [1.165, 1.54) is 0 Å². The van der Waals surface area contributed by atoms with Gasteiger partial charge in [0, 0.05) is 6.54 Å². The molecule has 3 rings (SSSR count). The fourth-order valence-corrected chi connectivity index (χ4v) is 2.15. The Kier molecular flexibility index (Phi) is 3.38. The lowest BCUT2D eigenvalue weighted by Crippen LogP contribution is -2.19. The minimum atomic E-state index is 0.596. The second kappa shape index (κ2) is 5.33. The first-order valence-corrected chi connectivity index (χ1v) is 6.52. The maximum atomic E-state index is 6.12. The number of rotatable bonds is 3. The molecule has 1 aliphatic rings. The van der Waals surface area contributed by atoms with E-state index in [1.54, 1.807) is 0 Å². The van der Waals surface area contributed by atoms with E-state index in [-0.39, 0.29) is 0 Å². The average Bonchev–Trinajstić information content (AvgIpc) is 2.96. The van der Waals surface area contributed by atoms with Crippen LogP contribution in [0.25, 0.3) is 0 Å². The van der Waals surface area contributed by atoms with Crippen molar-refractivity contribution in [3.63, 3.8) is 0 Å². The Hall–Kier alpha value is -2.00. The van der Waals surface area contributed by atoms with Crippen LogP contribution in [0, 0.1) is 0 Å². The molecule has 0 amide bonds. The van der Waals surface area contributed by atoms with Gasteiger partial charge >= 0.3 is 0 Å². The number of para-hydroxylation sites is 2. The van der Waals surface area contributed by atoms with Gasteiger partial charge in [-0.15, -0.1) is 0 Å². The summed E-state index contributed by atoms with van der Waals surface area (Å²) in [5.74, 6) is 2.28. The summed E-state index contributed by atoms with van der Waals surface area (Å²) in [6.45, 7) is 1.67. The molecule has 1 heterocycles. The van der Waals surface area contributed by atoms with Gasteiger partial charge in [-0.1, -0.05) is 35.9 Å². The molecule has 0 saturated carbocycles. The molecule has 0 fully saturated rings. The Morgan fingerprint density at radius 2 is 1.74 bits per heavy atom. The number of ether oxygens (including phenoxy) is 1. The van der Waals surface area contributed by atoms with Gasteiger partial charge in [0.15, 0.2) is 0 Å². The summed E-state index contributed by atoms with van der Waals surface area (Å²) in [6, 6.07) is 15.2. The van der Waals surface area contributed by atoms with Crippen LogP contribution in [0.5, 0.6) is 11.5 Å². The van der Waals surface area contributed by atoms with Gasteiger partial charge in [0.1, 0.15) is 17.3 Å². The summed E-state index contributed by atoms with van der Waals surface area (Å²) in [4.78, 5) is 4.42. The fraction of sp³-hybridized carbons (Fsp3) is 0.133. The minimum Gasteiger partial charge on any atom is -0.455 e. The first-order chi connectivity index (χ1) is 9.34. The smallest absolute Gasteiger partial charge is 0.146 e. The van der Waals surface area contributed by atoms with E-state index in [0.717, 1.165) is 30.2 Å². The van der Waals surface area contributed by atoms with Gasteiger partial charge in [-0.2, -0.15) is 0 Å². The molecule has 4 heteroatoms. The molecular formula is C15H13ClN2O. The van der Waals surface area contributed by atoms with Crippen molar-refractivity contribution in [1.82, 2.24) is 5.32 Å². The Balaban J connectivity index is 1.95. The van der Waals surface area contributed by atoms with Gasteiger partial charge in [0.05, 0.1) is 17.1 Å². The largest absolute Gasteiger partial charge is 0.455 e. The molecule has 2 aromatic carbocycles. The SMILES string of the molecule is Clc1ccccc1Oc1ccccc1C1=NCCN1.